The fourth-order valence-electron chi connectivity index (χ4n) is 5.88. The monoisotopic (exact) mass is 545 g/mol. The molecule has 210 valence electrons. The third kappa shape index (κ3) is 5.88. The standard InChI is InChI=1S/C28H34F3N5O3/c29-28(30,31)27(10-2-11-27)18-35-13-8-19(9-14-35)17-39-26-33-15-22(16-34-26)20-4-6-21(7-5-20)25(38)36-12-1-3-23(36)24(32)37/h4-7,15-16,19,23H,1-3,8-14,17-18H2,(H2,32,37). The molecular weight excluding hydrogens is 511 g/mol. The minimum absolute atomic E-state index is 0.107. The lowest BCUT2D eigenvalue weighted by Crippen LogP contribution is -2.53. The molecule has 39 heavy (non-hydrogen) atoms. The Balaban J connectivity index is 1.09. The Morgan fingerprint density at radius 3 is 2.21 bits per heavy atom. The lowest BCUT2D eigenvalue weighted by Gasteiger charge is -2.47. The van der Waals surface area contributed by atoms with Crippen molar-refractivity contribution in [3.63, 3.8) is 0 Å². The van der Waals surface area contributed by atoms with Crippen molar-refractivity contribution < 1.29 is 27.5 Å². The Morgan fingerprint density at radius 2 is 1.64 bits per heavy atom. The molecule has 2 N–H and O–H groups in total. The molecule has 1 aromatic carbocycles. The molecular formula is C28H34F3N5O3. The maximum atomic E-state index is 13.5. The summed E-state index contributed by atoms with van der Waals surface area (Å²) in [4.78, 5) is 36.5. The summed E-state index contributed by atoms with van der Waals surface area (Å²) in [5, 5.41) is 0. The van der Waals surface area contributed by atoms with Gasteiger partial charge in [0.2, 0.25) is 5.91 Å². The normalized spacial score (nSPS) is 21.9. The molecule has 0 spiro atoms. The summed E-state index contributed by atoms with van der Waals surface area (Å²) in [6.07, 6.45) is 3.24. The van der Waals surface area contributed by atoms with E-state index >= 15 is 0 Å². The molecule has 1 aliphatic carbocycles. The predicted octanol–water partition coefficient (Wildman–Crippen LogP) is 4.06. The van der Waals surface area contributed by atoms with Crippen LogP contribution in [0.4, 0.5) is 13.2 Å². The number of nitrogens with zero attached hydrogens (tertiary/aromatic N) is 4. The van der Waals surface area contributed by atoms with E-state index in [1.54, 1.807) is 24.5 Å². The van der Waals surface area contributed by atoms with Crippen LogP contribution in [0.15, 0.2) is 36.7 Å². The molecule has 2 aromatic rings. The van der Waals surface area contributed by atoms with Gasteiger partial charge in [0.1, 0.15) is 6.04 Å². The fourth-order valence-corrected chi connectivity index (χ4v) is 5.88. The van der Waals surface area contributed by atoms with Gasteiger partial charge < -0.3 is 20.3 Å². The van der Waals surface area contributed by atoms with Gasteiger partial charge in [-0.2, -0.15) is 13.2 Å². The molecule has 3 heterocycles. The Morgan fingerprint density at radius 1 is 0.974 bits per heavy atom. The van der Waals surface area contributed by atoms with Gasteiger partial charge in [-0.25, -0.2) is 9.97 Å². The first-order chi connectivity index (χ1) is 18.6. The highest BCUT2D eigenvalue weighted by atomic mass is 19.4. The van der Waals surface area contributed by atoms with Crippen LogP contribution in [0.2, 0.25) is 0 Å². The van der Waals surface area contributed by atoms with Gasteiger partial charge in [0, 0.05) is 36.6 Å². The van der Waals surface area contributed by atoms with Crippen molar-refractivity contribution >= 4 is 11.8 Å². The number of ether oxygens (including phenoxy) is 1. The van der Waals surface area contributed by atoms with E-state index in [-0.39, 0.29) is 37.2 Å². The number of rotatable bonds is 8. The van der Waals surface area contributed by atoms with Crippen LogP contribution in [0.3, 0.4) is 0 Å². The van der Waals surface area contributed by atoms with Crippen molar-refractivity contribution in [3.8, 4) is 17.1 Å². The number of piperidine rings is 1. The first-order valence-corrected chi connectivity index (χ1v) is 13.6. The van der Waals surface area contributed by atoms with Crippen molar-refractivity contribution in [2.75, 3.05) is 32.8 Å². The smallest absolute Gasteiger partial charge is 0.395 e. The van der Waals surface area contributed by atoms with Crippen LogP contribution in [-0.2, 0) is 4.79 Å². The Kier molecular flexibility index (Phi) is 7.80. The minimum atomic E-state index is -4.13. The molecule has 11 heteroatoms. The highest BCUT2D eigenvalue weighted by Gasteiger charge is 2.58. The van der Waals surface area contributed by atoms with Crippen molar-refractivity contribution in [2.45, 2.75) is 57.2 Å². The van der Waals surface area contributed by atoms with Gasteiger partial charge in [0.05, 0.1) is 12.0 Å². The maximum Gasteiger partial charge on any atom is 0.395 e. The van der Waals surface area contributed by atoms with E-state index in [1.165, 1.54) is 4.90 Å². The van der Waals surface area contributed by atoms with E-state index in [4.69, 9.17) is 10.5 Å². The maximum absolute atomic E-state index is 13.5. The topological polar surface area (TPSA) is 102 Å². The van der Waals surface area contributed by atoms with Crippen LogP contribution in [0.1, 0.15) is 55.3 Å². The number of amides is 2. The van der Waals surface area contributed by atoms with E-state index in [1.807, 2.05) is 17.0 Å². The Labute approximate surface area is 225 Å². The molecule has 2 saturated heterocycles. The van der Waals surface area contributed by atoms with Gasteiger partial charge in [0.15, 0.2) is 0 Å². The van der Waals surface area contributed by atoms with Gasteiger partial charge >= 0.3 is 12.2 Å². The highest BCUT2D eigenvalue weighted by molar-refractivity contribution is 5.98. The predicted molar refractivity (Wildman–Crippen MR) is 138 cm³/mol. The average Bonchev–Trinajstić information content (AvgIpc) is 3.40. The van der Waals surface area contributed by atoms with Crippen molar-refractivity contribution in [3.05, 3.63) is 42.2 Å². The molecule has 1 atom stereocenters. The van der Waals surface area contributed by atoms with Gasteiger partial charge in [0.25, 0.3) is 5.91 Å². The van der Waals surface area contributed by atoms with Gasteiger partial charge in [-0.1, -0.05) is 18.6 Å². The lowest BCUT2D eigenvalue weighted by molar-refractivity contribution is -0.256. The van der Waals surface area contributed by atoms with Gasteiger partial charge in [-0.3, -0.25) is 9.59 Å². The number of hydrogen-bond donors (Lipinski definition) is 1. The van der Waals surface area contributed by atoms with E-state index in [0.29, 0.717) is 44.6 Å². The van der Waals surface area contributed by atoms with E-state index in [2.05, 4.69) is 9.97 Å². The van der Waals surface area contributed by atoms with Crippen LogP contribution in [0.5, 0.6) is 6.01 Å². The number of primary amides is 1. The summed E-state index contributed by atoms with van der Waals surface area (Å²) < 4.78 is 46.3. The highest BCUT2D eigenvalue weighted by Crippen LogP contribution is 2.53. The van der Waals surface area contributed by atoms with Crippen molar-refractivity contribution in [1.29, 1.82) is 0 Å². The number of carbonyl (C=O) groups excluding carboxylic acids is 2. The van der Waals surface area contributed by atoms with E-state index in [9.17, 15) is 22.8 Å². The second kappa shape index (κ2) is 11.1. The summed E-state index contributed by atoms with van der Waals surface area (Å²) in [7, 11) is 0. The second-order valence-corrected chi connectivity index (χ2v) is 11.1. The summed E-state index contributed by atoms with van der Waals surface area (Å²) in [5.74, 6) is -0.440. The number of alkyl halides is 3. The molecule has 8 nitrogen and oxygen atoms in total. The fraction of sp³-hybridized carbons (Fsp3) is 0.571. The molecule has 3 aliphatic rings. The van der Waals surface area contributed by atoms with Crippen LogP contribution < -0.4 is 10.5 Å². The Hall–Kier alpha value is -3.21. The Bertz CT molecular complexity index is 1160. The number of aromatic nitrogens is 2. The third-order valence-electron chi connectivity index (χ3n) is 8.53. The first kappa shape index (κ1) is 27.4. The van der Waals surface area contributed by atoms with Crippen LogP contribution in [0.25, 0.3) is 11.1 Å². The zero-order chi connectivity index (χ0) is 27.6. The number of benzene rings is 1. The lowest BCUT2D eigenvalue weighted by atomic mass is 9.67. The molecule has 0 radical (unpaired) electrons. The molecule has 2 amide bonds. The molecule has 0 bridgehead atoms. The zero-order valence-electron chi connectivity index (χ0n) is 21.8. The SMILES string of the molecule is NC(=O)C1CCCN1C(=O)c1ccc(-c2cnc(OCC3CCN(CC4(C(F)(F)F)CCC4)CC3)nc2)cc1. The summed E-state index contributed by atoms with van der Waals surface area (Å²) in [6.45, 7) is 2.34. The van der Waals surface area contributed by atoms with Gasteiger partial charge in [-0.05, 0) is 75.2 Å². The van der Waals surface area contributed by atoms with Crippen LogP contribution in [-0.4, -0.2) is 76.6 Å². The quantitative estimate of drug-likeness (QED) is 0.537. The molecule has 1 aromatic heterocycles. The number of nitrogens with two attached hydrogens (primary N) is 1. The van der Waals surface area contributed by atoms with E-state index < -0.39 is 23.5 Å². The largest absolute Gasteiger partial charge is 0.463 e. The molecule has 5 rings (SSSR count). The minimum Gasteiger partial charge on any atom is -0.463 e. The first-order valence-electron chi connectivity index (χ1n) is 13.6. The molecule has 1 unspecified atom stereocenters. The van der Waals surface area contributed by atoms with Crippen molar-refractivity contribution in [2.24, 2.45) is 17.1 Å². The number of hydrogen-bond acceptors (Lipinski definition) is 6. The summed E-state index contributed by atoms with van der Waals surface area (Å²) in [5.41, 5.74) is 6.01. The summed E-state index contributed by atoms with van der Waals surface area (Å²) in [6, 6.07) is 6.74. The van der Waals surface area contributed by atoms with Gasteiger partial charge in [-0.15, -0.1) is 0 Å². The van der Waals surface area contributed by atoms with Crippen LogP contribution >= 0.6 is 0 Å². The average molecular weight is 546 g/mol. The number of likely N-dealkylation sites (tertiary alicyclic amines) is 2. The second-order valence-electron chi connectivity index (χ2n) is 11.1. The third-order valence-corrected chi connectivity index (χ3v) is 8.53. The number of carbonyl (C=O) groups is 2. The molecule has 3 fully saturated rings. The molecule has 1 saturated carbocycles. The van der Waals surface area contributed by atoms with E-state index in [0.717, 1.165) is 30.4 Å². The molecule has 2 aliphatic heterocycles. The van der Waals surface area contributed by atoms with Crippen LogP contribution in [0, 0.1) is 11.3 Å². The zero-order valence-corrected chi connectivity index (χ0v) is 21.8. The number of halogens is 3. The van der Waals surface area contributed by atoms with Crippen molar-refractivity contribution in [1.82, 2.24) is 19.8 Å². The summed E-state index contributed by atoms with van der Waals surface area (Å²) >= 11 is 0.